The maximum atomic E-state index is 10.8. The first-order valence-electron chi connectivity index (χ1n) is 5.60. The second-order valence-electron chi connectivity index (χ2n) is 5.26. The molecule has 0 amide bonds. The lowest BCUT2D eigenvalue weighted by molar-refractivity contribution is -0.0761. The maximum absolute atomic E-state index is 10.8. The zero-order chi connectivity index (χ0) is 10.2. The monoisotopic (exact) mass is 215 g/mol. The van der Waals surface area contributed by atoms with Crippen LogP contribution in [0.15, 0.2) is 0 Å². The number of thioether (sulfide) groups is 1. The van der Waals surface area contributed by atoms with Gasteiger partial charge >= 0.3 is 0 Å². The van der Waals surface area contributed by atoms with Gasteiger partial charge in [0, 0.05) is 11.8 Å². The van der Waals surface area contributed by atoms with Crippen LogP contribution in [0.5, 0.6) is 0 Å². The normalized spacial score (nSPS) is 42.6. The molecule has 0 aliphatic carbocycles. The Morgan fingerprint density at radius 1 is 1.43 bits per heavy atom. The number of rotatable bonds is 1. The van der Waals surface area contributed by atoms with Crippen LogP contribution in [-0.4, -0.2) is 34.8 Å². The fourth-order valence-corrected chi connectivity index (χ4v) is 4.33. The van der Waals surface area contributed by atoms with Gasteiger partial charge in [0.1, 0.15) is 0 Å². The maximum Gasteiger partial charge on any atom is 0.0940 e. The van der Waals surface area contributed by atoms with E-state index in [4.69, 9.17) is 0 Å². The Balaban J connectivity index is 2.17. The molecule has 2 unspecified atom stereocenters. The van der Waals surface area contributed by atoms with Crippen LogP contribution in [-0.2, 0) is 0 Å². The molecule has 0 aromatic carbocycles. The number of nitrogens with one attached hydrogen (secondary N) is 1. The van der Waals surface area contributed by atoms with E-state index in [0.29, 0.717) is 6.04 Å². The van der Waals surface area contributed by atoms with Crippen LogP contribution >= 0.6 is 11.8 Å². The first kappa shape index (κ1) is 10.8. The summed E-state index contributed by atoms with van der Waals surface area (Å²) < 4.78 is 0. The van der Waals surface area contributed by atoms with Gasteiger partial charge in [-0.15, -0.1) is 0 Å². The third-order valence-corrected chi connectivity index (χ3v) is 5.14. The highest BCUT2D eigenvalue weighted by molar-refractivity contribution is 7.99. The predicted molar refractivity (Wildman–Crippen MR) is 61.7 cm³/mol. The summed E-state index contributed by atoms with van der Waals surface area (Å²) in [6, 6.07) is 0.324. The first-order valence-corrected chi connectivity index (χ1v) is 6.75. The van der Waals surface area contributed by atoms with Gasteiger partial charge in [-0.3, -0.25) is 0 Å². The van der Waals surface area contributed by atoms with Crippen LogP contribution < -0.4 is 5.32 Å². The molecule has 2 aliphatic heterocycles. The molecular formula is C11H21NOS. The molecule has 3 heteroatoms. The van der Waals surface area contributed by atoms with Gasteiger partial charge in [0.05, 0.1) is 5.60 Å². The molecule has 0 aromatic rings. The van der Waals surface area contributed by atoms with E-state index in [9.17, 15) is 5.11 Å². The minimum Gasteiger partial charge on any atom is -0.387 e. The van der Waals surface area contributed by atoms with E-state index < -0.39 is 5.60 Å². The molecule has 2 heterocycles. The highest BCUT2D eigenvalue weighted by Gasteiger charge is 2.51. The van der Waals surface area contributed by atoms with Crippen molar-refractivity contribution in [3.63, 3.8) is 0 Å². The molecule has 0 spiro atoms. The lowest BCUT2D eigenvalue weighted by Crippen LogP contribution is -2.60. The summed E-state index contributed by atoms with van der Waals surface area (Å²) in [5, 5.41) is 14.3. The highest BCUT2D eigenvalue weighted by Crippen LogP contribution is 2.45. The second-order valence-corrected chi connectivity index (χ2v) is 6.36. The van der Waals surface area contributed by atoms with Crippen molar-refractivity contribution in [2.45, 2.75) is 44.8 Å². The molecule has 0 aromatic heterocycles. The zero-order valence-corrected chi connectivity index (χ0v) is 9.99. The first-order chi connectivity index (χ1) is 6.56. The molecule has 0 bridgehead atoms. The molecule has 14 heavy (non-hydrogen) atoms. The molecular weight excluding hydrogens is 194 g/mol. The standard InChI is InChI=1S/C11H21NOS/c1-10(2)5-7-14-8-11(10,13)9-4-3-6-12-9/h9,12-13H,3-8H2,1-2H3. The molecule has 0 saturated carbocycles. The van der Waals surface area contributed by atoms with Crippen LogP contribution in [0.1, 0.15) is 33.1 Å². The summed E-state index contributed by atoms with van der Waals surface area (Å²) in [6.07, 6.45) is 3.49. The smallest absolute Gasteiger partial charge is 0.0940 e. The van der Waals surface area contributed by atoms with Gasteiger partial charge in [0.15, 0.2) is 0 Å². The van der Waals surface area contributed by atoms with Crippen LogP contribution in [0.4, 0.5) is 0 Å². The Bertz CT molecular complexity index is 213. The molecule has 2 saturated heterocycles. The van der Waals surface area contributed by atoms with E-state index in [0.717, 1.165) is 25.1 Å². The lowest BCUT2D eigenvalue weighted by atomic mass is 9.69. The SMILES string of the molecule is CC1(C)CCSCC1(O)C1CCCN1. The summed E-state index contributed by atoms with van der Waals surface area (Å²) in [7, 11) is 0. The number of hydrogen-bond acceptors (Lipinski definition) is 3. The molecule has 2 aliphatic rings. The molecule has 2 nitrogen and oxygen atoms in total. The van der Waals surface area contributed by atoms with Crippen LogP contribution in [0.25, 0.3) is 0 Å². The Morgan fingerprint density at radius 2 is 2.21 bits per heavy atom. The molecule has 82 valence electrons. The summed E-state index contributed by atoms with van der Waals surface area (Å²) >= 11 is 1.90. The number of hydrogen-bond donors (Lipinski definition) is 2. The number of aliphatic hydroxyl groups is 1. The van der Waals surface area contributed by atoms with Crippen molar-refractivity contribution < 1.29 is 5.11 Å². The fraction of sp³-hybridized carbons (Fsp3) is 1.00. The van der Waals surface area contributed by atoms with Crippen LogP contribution in [0.2, 0.25) is 0 Å². The zero-order valence-electron chi connectivity index (χ0n) is 9.18. The van der Waals surface area contributed by atoms with Gasteiger partial charge < -0.3 is 10.4 Å². The van der Waals surface area contributed by atoms with Gasteiger partial charge in [-0.1, -0.05) is 13.8 Å². The summed E-state index contributed by atoms with van der Waals surface area (Å²) in [6.45, 7) is 5.51. The third kappa shape index (κ3) is 1.59. The van der Waals surface area contributed by atoms with Crippen molar-refractivity contribution in [1.29, 1.82) is 0 Å². The predicted octanol–water partition coefficient (Wildman–Crippen LogP) is 1.63. The Kier molecular flexibility index (Phi) is 2.84. The van der Waals surface area contributed by atoms with Gasteiger partial charge in [0.25, 0.3) is 0 Å². The van der Waals surface area contributed by atoms with Crippen molar-refractivity contribution in [3.8, 4) is 0 Å². The van der Waals surface area contributed by atoms with Crippen LogP contribution in [0.3, 0.4) is 0 Å². The largest absolute Gasteiger partial charge is 0.387 e. The van der Waals surface area contributed by atoms with Gasteiger partial charge in [-0.25, -0.2) is 0 Å². The molecule has 0 radical (unpaired) electrons. The lowest BCUT2D eigenvalue weighted by Gasteiger charge is -2.49. The van der Waals surface area contributed by atoms with Gasteiger partial charge in [-0.05, 0) is 37.0 Å². The topological polar surface area (TPSA) is 32.3 Å². The van der Waals surface area contributed by atoms with E-state index in [1.807, 2.05) is 11.8 Å². The quantitative estimate of drug-likeness (QED) is 0.697. The summed E-state index contributed by atoms with van der Waals surface area (Å²) in [5.41, 5.74) is -0.424. The average Bonchev–Trinajstić information content (AvgIpc) is 2.63. The van der Waals surface area contributed by atoms with E-state index in [-0.39, 0.29) is 5.41 Å². The van der Waals surface area contributed by atoms with E-state index in [2.05, 4.69) is 19.2 Å². The molecule has 2 rings (SSSR count). The van der Waals surface area contributed by atoms with Crippen LogP contribution in [0, 0.1) is 5.41 Å². The van der Waals surface area contributed by atoms with Gasteiger partial charge in [0.2, 0.25) is 0 Å². The second kappa shape index (κ2) is 3.69. The van der Waals surface area contributed by atoms with Crippen molar-refractivity contribution in [2.24, 2.45) is 5.41 Å². The molecule has 2 atom stereocenters. The van der Waals surface area contributed by atoms with E-state index in [1.54, 1.807) is 0 Å². The molecule has 2 fully saturated rings. The van der Waals surface area contributed by atoms with Crippen molar-refractivity contribution in [2.75, 3.05) is 18.1 Å². The fourth-order valence-electron chi connectivity index (χ4n) is 2.63. The Hall–Kier alpha value is 0.270. The van der Waals surface area contributed by atoms with Crippen molar-refractivity contribution >= 4 is 11.8 Å². The van der Waals surface area contributed by atoms with E-state index >= 15 is 0 Å². The van der Waals surface area contributed by atoms with Gasteiger partial charge in [-0.2, -0.15) is 11.8 Å². The van der Waals surface area contributed by atoms with Crippen molar-refractivity contribution in [3.05, 3.63) is 0 Å². The molecule has 2 N–H and O–H groups in total. The average molecular weight is 215 g/mol. The Morgan fingerprint density at radius 3 is 2.79 bits per heavy atom. The third-order valence-electron chi connectivity index (χ3n) is 4.00. The van der Waals surface area contributed by atoms with E-state index in [1.165, 1.54) is 12.2 Å². The summed E-state index contributed by atoms with van der Waals surface area (Å²) in [5.74, 6) is 2.10. The minimum atomic E-state index is -0.494. The summed E-state index contributed by atoms with van der Waals surface area (Å²) in [4.78, 5) is 0. The highest BCUT2D eigenvalue weighted by atomic mass is 32.2. The Labute approximate surface area is 90.8 Å². The minimum absolute atomic E-state index is 0.0697. The van der Waals surface area contributed by atoms with Crippen molar-refractivity contribution in [1.82, 2.24) is 5.32 Å².